The van der Waals surface area contributed by atoms with Crippen LogP contribution < -0.4 is 4.74 Å². The molecule has 3 atom stereocenters. The lowest BCUT2D eigenvalue weighted by Crippen LogP contribution is -2.22. The average molecular weight is 419 g/mol. The second kappa shape index (κ2) is 10.9. The Hall–Kier alpha value is -2.95. The number of esters is 1. The van der Waals surface area contributed by atoms with Gasteiger partial charge in [-0.2, -0.15) is 10.2 Å². The summed E-state index contributed by atoms with van der Waals surface area (Å²) in [6.45, 7) is 1.22. The summed E-state index contributed by atoms with van der Waals surface area (Å²) < 4.78 is 11.3. The Morgan fingerprint density at radius 1 is 0.806 bits per heavy atom. The second-order valence-corrected chi connectivity index (χ2v) is 8.35. The number of nitrogens with zero attached hydrogens (tertiary/aromatic N) is 2. The number of carbonyl (C=O) groups excluding carboxylic acids is 1. The fourth-order valence-corrected chi connectivity index (χ4v) is 4.30. The molecule has 31 heavy (non-hydrogen) atoms. The van der Waals surface area contributed by atoms with Gasteiger partial charge in [0.2, 0.25) is 0 Å². The number of benzene rings is 2. The van der Waals surface area contributed by atoms with Gasteiger partial charge in [-0.05, 0) is 86.8 Å². The summed E-state index contributed by atoms with van der Waals surface area (Å²) in [4.78, 5) is 12.2. The van der Waals surface area contributed by atoms with Crippen LogP contribution in [0.25, 0.3) is 0 Å². The summed E-state index contributed by atoms with van der Waals surface area (Å²) in [5.41, 5.74) is 1.63. The van der Waals surface area contributed by atoms with Crippen molar-refractivity contribution in [3.63, 3.8) is 0 Å². The smallest absolute Gasteiger partial charge is 0.309 e. The summed E-state index contributed by atoms with van der Waals surface area (Å²) >= 11 is 0. The Labute approximate surface area is 184 Å². The molecule has 0 spiro atoms. The number of azo groups is 1. The van der Waals surface area contributed by atoms with Gasteiger partial charge < -0.3 is 9.47 Å². The lowest BCUT2D eigenvalue weighted by Gasteiger charge is -2.16. The first-order valence-corrected chi connectivity index (χ1v) is 11.3. The van der Waals surface area contributed by atoms with Crippen molar-refractivity contribution in [1.82, 2.24) is 0 Å². The molecule has 0 radical (unpaired) electrons. The van der Waals surface area contributed by atoms with Crippen molar-refractivity contribution in [3.05, 3.63) is 66.7 Å². The predicted octanol–water partition coefficient (Wildman–Crippen LogP) is 6.80. The van der Waals surface area contributed by atoms with Crippen LogP contribution in [0.2, 0.25) is 0 Å². The summed E-state index contributed by atoms with van der Waals surface area (Å²) in [5, 5.41) is 8.44. The third-order valence-electron chi connectivity index (χ3n) is 6.01. The highest BCUT2D eigenvalue weighted by atomic mass is 16.5. The Bertz CT molecular complexity index is 893. The molecule has 0 aromatic heterocycles. The molecule has 1 saturated carbocycles. The fraction of sp³-hybridized carbons (Fsp3) is 0.423. The zero-order valence-electron chi connectivity index (χ0n) is 17.9. The third kappa shape index (κ3) is 6.27. The maximum Gasteiger partial charge on any atom is 0.309 e. The normalized spacial score (nSPS) is 21.6. The molecule has 2 aromatic rings. The van der Waals surface area contributed by atoms with Crippen molar-refractivity contribution in [1.29, 1.82) is 0 Å². The quantitative estimate of drug-likeness (QED) is 0.175. The minimum absolute atomic E-state index is 0.00642. The summed E-state index contributed by atoms with van der Waals surface area (Å²) in [7, 11) is 0. The zero-order valence-corrected chi connectivity index (χ0v) is 17.9. The first kappa shape index (κ1) is 21.3. The largest absolute Gasteiger partial charge is 0.494 e. The van der Waals surface area contributed by atoms with Gasteiger partial charge in [0.15, 0.2) is 0 Å². The Kier molecular flexibility index (Phi) is 7.48. The number of unbranched alkanes of at least 4 members (excludes halogenated alkanes) is 3. The fourth-order valence-electron chi connectivity index (χ4n) is 4.30. The number of carbonyl (C=O) groups is 1. The van der Waals surface area contributed by atoms with E-state index in [1.807, 2.05) is 54.6 Å². The predicted molar refractivity (Wildman–Crippen MR) is 121 cm³/mol. The van der Waals surface area contributed by atoms with Gasteiger partial charge in [0.1, 0.15) is 5.75 Å². The van der Waals surface area contributed by atoms with E-state index in [4.69, 9.17) is 9.47 Å². The molecule has 4 rings (SSSR count). The topological polar surface area (TPSA) is 60.2 Å². The van der Waals surface area contributed by atoms with Crippen molar-refractivity contribution >= 4 is 17.3 Å². The van der Waals surface area contributed by atoms with Crippen LogP contribution in [-0.4, -0.2) is 19.2 Å². The molecule has 0 heterocycles. The lowest BCUT2D eigenvalue weighted by atomic mass is 9.94. The van der Waals surface area contributed by atoms with Crippen LogP contribution in [0.3, 0.4) is 0 Å². The van der Waals surface area contributed by atoms with E-state index in [9.17, 15) is 4.79 Å². The van der Waals surface area contributed by atoms with Crippen LogP contribution in [0.5, 0.6) is 5.75 Å². The number of allylic oxidation sites excluding steroid dienone is 2. The molecule has 2 bridgehead atoms. The minimum Gasteiger partial charge on any atom is -0.494 e. The molecule has 0 amide bonds. The molecular formula is C26H30N2O3. The van der Waals surface area contributed by atoms with Crippen LogP contribution in [0.4, 0.5) is 11.4 Å². The highest BCUT2D eigenvalue weighted by Crippen LogP contribution is 2.43. The van der Waals surface area contributed by atoms with Crippen LogP contribution >= 0.6 is 0 Å². The lowest BCUT2D eigenvalue weighted by molar-refractivity contribution is -0.149. The van der Waals surface area contributed by atoms with E-state index in [0.29, 0.717) is 25.0 Å². The van der Waals surface area contributed by atoms with E-state index in [1.165, 1.54) is 0 Å². The molecule has 2 aliphatic rings. The number of hydrogen-bond donors (Lipinski definition) is 0. The minimum atomic E-state index is 0.00642. The molecule has 2 aromatic carbocycles. The molecule has 3 unspecified atom stereocenters. The van der Waals surface area contributed by atoms with Crippen molar-refractivity contribution in [2.45, 2.75) is 38.5 Å². The first-order chi connectivity index (χ1) is 15.3. The Morgan fingerprint density at radius 3 is 2.19 bits per heavy atom. The van der Waals surface area contributed by atoms with Gasteiger partial charge in [0, 0.05) is 0 Å². The number of rotatable bonds is 11. The summed E-state index contributed by atoms with van der Waals surface area (Å²) in [6, 6.07) is 17.3. The van der Waals surface area contributed by atoms with Gasteiger partial charge in [-0.15, -0.1) is 0 Å². The van der Waals surface area contributed by atoms with Crippen LogP contribution in [0, 0.1) is 17.8 Å². The molecule has 5 nitrogen and oxygen atoms in total. The van der Waals surface area contributed by atoms with Gasteiger partial charge in [-0.25, -0.2) is 0 Å². The van der Waals surface area contributed by atoms with Crippen molar-refractivity contribution in [2.24, 2.45) is 28.0 Å². The SMILES string of the molecule is O=C(OCCCCCCOc1ccc(/N=N/c2ccccc2)cc1)C1CC2C=CC1C2. The van der Waals surface area contributed by atoms with E-state index in [-0.39, 0.29) is 11.9 Å². The molecule has 0 aliphatic heterocycles. The van der Waals surface area contributed by atoms with E-state index in [0.717, 1.165) is 55.6 Å². The van der Waals surface area contributed by atoms with E-state index in [2.05, 4.69) is 22.4 Å². The van der Waals surface area contributed by atoms with E-state index in [1.54, 1.807) is 0 Å². The van der Waals surface area contributed by atoms with Crippen molar-refractivity contribution in [2.75, 3.05) is 13.2 Å². The van der Waals surface area contributed by atoms with Crippen LogP contribution in [-0.2, 0) is 9.53 Å². The Balaban J connectivity index is 1.04. The number of hydrogen-bond acceptors (Lipinski definition) is 5. The summed E-state index contributed by atoms with van der Waals surface area (Å²) in [5.74, 6) is 1.99. The van der Waals surface area contributed by atoms with Gasteiger partial charge in [0.25, 0.3) is 0 Å². The summed E-state index contributed by atoms with van der Waals surface area (Å²) in [6.07, 6.45) is 10.6. The van der Waals surface area contributed by atoms with Gasteiger partial charge >= 0.3 is 5.97 Å². The van der Waals surface area contributed by atoms with Crippen LogP contribution in [0.1, 0.15) is 38.5 Å². The molecule has 0 saturated heterocycles. The maximum atomic E-state index is 12.2. The van der Waals surface area contributed by atoms with Crippen molar-refractivity contribution < 1.29 is 14.3 Å². The molecule has 2 aliphatic carbocycles. The van der Waals surface area contributed by atoms with Crippen LogP contribution in [0.15, 0.2) is 77.0 Å². The standard InChI is InChI=1S/C26H30N2O3/c29-26(25-19-20-10-11-21(25)18-20)31-17-7-2-1-6-16-30-24-14-12-23(13-15-24)28-27-22-8-4-3-5-9-22/h3-5,8-15,20-21,25H,1-2,6-7,16-19H2/b28-27+. The average Bonchev–Trinajstić information content (AvgIpc) is 3.45. The molecule has 162 valence electrons. The van der Waals surface area contributed by atoms with Gasteiger partial charge in [-0.3, -0.25) is 4.79 Å². The molecular weight excluding hydrogens is 388 g/mol. The maximum absolute atomic E-state index is 12.2. The third-order valence-corrected chi connectivity index (χ3v) is 6.01. The highest BCUT2D eigenvalue weighted by molar-refractivity contribution is 5.74. The zero-order chi connectivity index (χ0) is 21.3. The Morgan fingerprint density at radius 2 is 1.52 bits per heavy atom. The second-order valence-electron chi connectivity index (χ2n) is 8.35. The molecule has 5 heteroatoms. The molecule has 1 fully saturated rings. The van der Waals surface area contributed by atoms with Gasteiger partial charge in [0.05, 0.1) is 30.5 Å². The van der Waals surface area contributed by atoms with Crippen molar-refractivity contribution in [3.8, 4) is 5.75 Å². The number of ether oxygens (including phenoxy) is 2. The number of fused-ring (bicyclic) bond motifs is 2. The van der Waals surface area contributed by atoms with E-state index < -0.39 is 0 Å². The van der Waals surface area contributed by atoms with E-state index >= 15 is 0 Å². The molecule has 0 N–H and O–H groups in total. The first-order valence-electron chi connectivity index (χ1n) is 11.3. The highest BCUT2D eigenvalue weighted by Gasteiger charge is 2.40. The van der Waals surface area contributed by atoms with Gasteiger partial charge in [-0.1, -0.05) is 30.4 Å². The monoisotopic (exact) mass is 418 g/mol.